The lowest BCUT2D eigenvalue weighted by Crippen LogP contribution is -2.22. The van der Waals surface area contributed by atoms with Crippen LogP contribution in [0, 0.1) is 0 Å². The molecule has 2 N–H and O–H groups in total. The quantitative estimate of drug-likeness (QED) is 0.501. The molecule has 146 valence electrons. The van der Waals surface area contributed by atoms with Gasteiger partial charge in [0.15, 0.2) is 5.82 Å². The summed E-state index contributed by atoms with van der Waals surface area (Å²) in [6, 6.07) is 12.6. The molecule has 0 spiro atoms. The number of hydrogen-bond acceptors (Lipinski definition) is 7. The standard InChI is InChI=1S/C18H16ClN9O/c1-27-18(24-25-26-27)12-3-2-4-14(7-12)21-9-17(29)23-15-8-13(19)5-6-16(15)28-11-20-10-22-28/h2-8,10-11,21H,9H2,1H3,(H,23,29). The molecule has 0 unspecified atom stereocenters. The molecule has 29 heavy (non-hydrogen) atoms. The predicted octanol–water partition coefficient (Wildman–Crippen LogP) is 2.16. The van der Waals surface area contributed by atoms with Crippen LogP contribution in [0.4, 0.5) is 11.4 Å². The Morgan fingerprint density at radius 1 is 1.21 bits per heavy atom. The number of anilines is 2. The molecule has 11 heteroatoms. The molecule has 2 aromatic heterocycles. The maximum absolute atomic E-state index is 12.5. The van der Waals surface area contributed by atoms with Crippen molar-refractivity contribution in [1.82, 2.24) is 35.0 Å². The molecule has 0 saturated carbocycles. The highest BCUT2D eigenvalue weighted by Crippen LogP contribution is 2.24. The second kappa shape index (κ2) is 8.07. The number of nitrogens with zero attached hydrogens (tertiary/aromatic N) is 7. The fourth-order valence-corrected chi connectivity index (χ4v) is 2.93. The van der Waals surface area contributed by atoms with E-state index >= 15 is 0 Å². The molecule has 2 aromatic carbocycles. The van der Waals surface area contributed by atoms with Gasteiger partial charge < -0.3 is 10.6 Å². The molecule has 0 aliphatic rings. The zero-order valence-electron chi connectivity index (χ0n) is 15.3. The first-order chi connectivity index (χ1) is 14.1. The lowest BCUT2D eigenvalue weighted by atomic mass is 10.2. The molecule has 0 atom stereocenters. The van der Waals surface area contributed by atoms with Crippen LogP contribution in [-0.4, -0.2) is 47.4 Å². The van der Waals surface area contributed by atoms with E-state index in [0.29, 0.717) is 22.2 Å². The Labute approximate surface area is 170 Å². The van der Waals surface area contributed by atoms with Crippen LogP contribution in [0.1, 0.15) is 0 Å². The number of hydrogen-bond donors (Lipinski definition) is 2. The molecule has 0 saturated heterocycles. The molecule has 0 bridgehead atoms. The van der Waals surface area contributed by atoms with Gasteiger partial charge in [-0.05, 0) is 40.8 Å². The fraction of sp³-hybridized carbons (Fsp3) is 0.111. The molecular weight excluding hydrogens is 394 g/mol. The van der Waals surface area contributed by atoms with Crippen LogP contribution in [0.25, 0.3) is 17.1 Å². The van der Waals surface area contributed by atoms with Gasteiger partial charge in [0.05, 0.1) is 17.9 Å². The first-order valence-corrected chi connectivity index (χ1v) is 8.99. The Morgan fingerprint density at radius 3 is 2.86 bits per heavy atom. The SMILES string of the molecule is Cn1nnnc1-c1cccc(NCC(=O)Nc2cc(Cl)ccc2-n2cncn2)c1. The van der Waals surface area contributed by atoms with E-state index in [9.17, 15) is 4.79 Å². The molecule has 4 aromatic rings. The number of benzene rings is 2. The topological polar surface area (TPSA) is 115 Å². The summed E-state index contributed by atoms with van der Waals surface area (Å²) in [5.74, 6) is 0.397. The lowest BCUT2D eigenvalue weighted by Gasteiger charge is -2.12. The van der Waals surface area contributed by atoms with Gasteiger partial charge in [-0.1, -0.05) is 23.7 Å². The Bertz CT molecular complexity index is 1140. The third-order valence-electron chi connectivity index (χ3n) is 4.09. The van der Waals surface area contributed by atoms with Crippen molar-refractivity contribution in [2.24, 2.45) is 7.05 Å². The number of nitrogens with one attached hydrogen (secondary N) is 2. The normalized spacial score (nSPS) is 10.7. The van der Waals surface area contributed by atoms with Crippen molar-refractivity contribution in [3.05, 3.63) is 60.1 Å². The van der Waals surface area contributed by atoms with Crippen LogP contribution in [0.2, 0.25) is 5.02 Å². The van der Waals surface area contributed by atoms with Crippen LogP contribution in [0.15, 0.2) is 55.1 Å². The van der Waals surface area contributed by atoms with Gasteiger partial charge in [-0.15, -0.1) is 5.10 Å². The van der Waals surface area contributed by atoms with Crippen molar-refractivity contribution in [3.63, 3.8) is 0 Å². The maximum atomic E-state index is 12.5. The van der Waals surface area contributed by atoms with E-state index in [-0.39, 0.29) is 12.5 Å². The first kappa shape index (κ1) is 18.6. The van der Waals surface area contributed by atoms with Crippen LogP contribution in [0.3, 0.4) is 0 Å². The number of carbonyl (C=O) groups excluding carboxylic acids is 1. The van der Waals surface area contributed by atoms with E-state index < -0.39 is 0 Å². The Kier molecular flexibility index (Phi) is 5.16. The van der Waals surface area contributed by atoms with Gasteiger partial charge in [0, 0.05) is 23.3 Å². The predicted molar refractivity (Wildman–Crippen MR) is 108 cm³/mol. The van der Waals surface area contributed by atoms with Crippen LogP contribution in [-0.2, 0) is 11.8 Å². The Hall–Kier alpha value is -3.79. The summed E-state index contributed by atoms with van der Waals surface area (Å²) in [5.41, 5.74) is 2.81. The Morgan fingerprint density at radius 2 is 2.10 bits per heavy atom. The monoisotopic (exact) mass is 409 g/mol. The van der Waals surface area contributed by atoms with Crippen LogP contribution >= 0.6 is 11.6 Å². The fourth-order valence-electron chi connectivity index (χ4n) is 2.76. The van der Waals surface area contributed by atoms with Crippen molar-refractivity contribution in [3.8, 4) is 17.1 Å². The highest BCUT2D eigenvalue weighted by atomic mass is 35.5. The number of amides is 1. The van der Waals surface area contributed by atoms with E-state index in [1.807, 2.05) is 24.3 Å². The number of halogens is 1. The minimum atomic E-state index is -0.237. The van der Waals surface area contributed by atoms with E-state index in [2.05, 4.69) is 36.2 Å². The summed E-state index contributed by atoms with van der Waals surface area (Å²) in [4.78, 5) is 16.4. The zero-order chi connectivity index (χ0) is 20.2. The minimum Gasteiger partial charge on any atom is -0.376 e. The van der Waals surface area contributed by atoms with Crippen molar-refractivity contribution in [2.75, 3.05) is 17.2 Å². The minimum absolute atomic E-state index is 0.0594. The summed E-state index contributed by atoms with van der Waals surface area (Å²) in [6.07, 6.45) is 2.96. The average molecular weight is 410 g/mol. The summed E-state index contributed by atoms with van der Waals surface area (Å²) in [7, 11) is 1.76. The first-order valence-electron chi connectivity index (χ1n) is 8.61. The number of rotatable bonds is 6. The molecular formula is C18H16ClN9O. The summed E-state index contributed by atoms with van der Waals surface area (Å²) >= 11 is 6.08. The highest BCUT2D eigenvalue weighted by Gasteiger charge is 2.11. The van der Waals surface area contributed by atoms with E-state index in [4.69, 9.17) is 11.6 Å². The smallest absolute Gasteiger partial charge is 0.243 e. The van der Waals surface area contributed by atoms with E-state index in [0.717, 1.165) is 11.3 Å². The van der Waals surface area contributed by atoms with Gasteiger partial charge in [-0.3, -0.25) is 4.79 Å². The van der Waals surface area contributed by atoms with Crippen molar-refractivity contribution >= 4 is 28.9 Å². The van der Waals surface area contributed by atoms with Crippen molar-refractivity contribution in [1.29, 1.82) is 0 Å². The number of aromatic nitrogens is 7. The Balaban J connectivity index is 1.45. The molecule has 0 radical (unpaired) electrons. The van der Waals surface area contributed by atoms with E-state index in [1.165, 1.54) is 6.33 Å². The molecule has 0 aliphatic carbocycles. The summed E-state index contributed by atoms with van der Waals surface area (Å²) in [5, 5.41) is 22.0. The van der Waals surface area contributed by atoms with Gasteiger partial charge in [-0.2, -0.15) is 5.10 Å². The second-order valence-corrected chi connectivity index (χ2v) is 6.55. The molecule has 1 amide bonds. The number of tetrazole rings is 1. The number of carbonyl (C=O) groups is 1. The van der Waals surface area contributed by atoms with Crippen LogP contribution in [0.5, 0.6) is 0 Å². The van der Waals surface area contributed by atoms with E-state index in [1.54, 1.807) is 40.9 Å². The average Bonchev–Trinajstić information content (AvgIpc) is 3.39. The maximum Gasteiger partial charge on any atom is 0.243 e. The molecule has 0 fully saturated rings. The lowest BCUT2D eigenvalue weighted by molar-refractivity contribution is -0.114. The van der Waals surface area contributed by atoms with Gasteiger partial charge in [0.2, 0.25) is 5.91 Å². The summed E-state index contributed by atoms with van der Waals surface area (Å²) < 4.78 is 3.13. The van der Waals surface area contributed by atoms with Crippen molar-refractivity contribution < 1.29 is 4.79 Å². The highest BCUT2D eigenvalue weighted by molar-refractivity contribution is 6.31. The van der Waals surface area contributed by atoms with Gasteiger partial charge >= 0.3 is 0 Å². The second-order valence-electron chi connectivity index (χ2n) is 6.11. The van der Waals surface area contributed by atoms with Gasteiger partial charge in [0.1, 0.15) is 12.7 Å². The third-order valence-corrected chi connectivity index (χ3v) is 4.33. The molecule has 2 heterocycles. The molecule has 10 nitrogen and oxygen atoms in total. The van der Waals surface area contributed by atoms with Gasteiger partial charge in [0.25, 0.3) is 0 Å². The number of aryl methyl sites for hydroxylation is 1. The third kappa shape index (κ3) is 4.22. The van der Waals surface area contributed by atoms with Gasteiger partial charge in [-0.25, -0.2) is 14.3 Å². The van der Waals surface area contributed by atoms with Crippen molar-refractivity contribution in [2.45, 2.75) is 0 Å². The largest absolute Gasteiger partial charge is 0.376 e. The zero-order valence-corrected chi connectivity index (χ0v) is 16.1. The molecule has 4 rings (SSSR count). The molecule has 0 aliphatic heterocycles. The van der Waals surface area contributed by atoms with Crippen LogP contribution < -0.4 is 10.6 Å². The summed E-state index contributed by atoms with van der Waals surface area (Å²) in [6.45, 7) is 0.0594.